The topological polar surface area (TPSA) is 58.1 Å². The fraction of sp³-hybridized carbons (Fsp3) is 0.190. The van der Waals surface area contributed by atoms with Crippen molar-refractivity contribution in [3.63, 3.8) is 0 Å². The zero-order chi connectivity index (χ0) is 20.1. The van der Waals surface area contributed by atoms with Crippen LogP contribution in [0, 0.1) is 5.82 Å². The quantitative estimate of drug-likeness (QED) is 0.639. The minimum atomic E-state index is -0.545. The first-order valence-corrected chi connectivity index (χ1v) is 9.21. The number of hydrogen-bond donors (Lipinski definition) is 1. The molecule has 0 atom stereocenters. The van der Waals surface area contributed by atoms with Gasteiger partial charge >= 0.3 is 0 Å². The molecule has 0 fully saturated rings. The van der Waals surface area contributed by atoms with Gasteiger partial charge in [-0.25, -0.2) is 14.4 Å². The van der Waals surface area contributed by atoms with Crippen molar-refractivity contribution in [1.29, 1.82) is 0 Å². The van der Waals surface area contributed by atoms with Crippen molar-refractivity contribution in [2.24, 2.45) is 0 Å². The summed E-state index contributed by atoms with van der Waals surface area (Å²) >= 11 is 5.74. The molecule has 1 amide bonds. The molecule has 1 aromatic heterocycles. The highest BCUT2D eigenvalue weighted by Crippen LogP contribution is 2.20. The average Bonchev–Trinajstić information content (AvgIpc) is 2.69. The standard InChI is InChI=1S/C21H20ClFN4O/c1-14(2)27(13-15-6-4-3-5-7-15)20-12-24-19(11-25-20)21(28)26-16-8-9-18(23)17(22)10-16/h3-12,14H,13H2,1-2H3,(H,26,28). The van der Waals surface area contributed by atoms with Gasteiger partial charge in [-0.15, -0.1) is 0 Å². The van der Waals surface area contributed by atoms with Gasteiger partial charge in [0, 0.05) is 18.3 Å². The highest BCUT2D eigenvalue weighted by atomic mass is 35.5. The van der Waals surface area contributed by atoms with Gasteiger partial charge in [0.05, 0.1) is 17.4 Å². The van der Waals surface area contributed by atoms with E-state index in [0.717, 1.165) is 5.56 Å². The Morgan fingerprint density at radius 3 is 2.50 bits per heavy atom. The molecule has 1 N–H and O–H groups in total. The first-order valence-electron chi connectivity index (χ1n) is 8.83. The van der Waals surface area contributed by atoms with E-state index in [1.54, 1.807) is 6.20 Å². The van der Waals surface area contributed by atoms with E-state index in [0.29, 0.717) is 18.1 Å². The summed E-state index contributed by atoms with van der Waals surface area (Å²) in [4.78, 5) is 23.1. The Bertz CT molecular complexity index is 948. The summed E-state index contributed by atoms with van der Waals surface area (Å²) in [6.07, 6.45) is 3.01. The van der Waals surface area contributed by atoms with Crippen LogP contribution in [-0.2, 0) is 6.54 Å². The summed E-state index contributed by atoms with van der Waals surface area (Å²) in [5.74, 6) is -0.308. The number of aromatic nitrogens is 2. The van der Waals surface area contributed by atoms with Gasteiger partial charge in [0.2, 0.25) is 0 Å². The summed E-state index contributed by atoms with van der Waals surface area (Å²) in [5, 5.41) is 2.57. The van der Waals surface area contributed by atoms with Gasteiger partial charge in [-0.1, -0.05) is 41.9 Å². The minimum Gasteiger partial charge on any atom is -0.349 e. The second-order valence-corrected chi connectivity index (χ2v) is 6.96. The molecule has 2 aromatic carbocycles. The SMILES string of the molecule is CC(C)N(Cc1ccccc1)c1cnc(C(=O)Nc2ccc(F)c(Cl)c2)cn1. The van der Waals surface area contributed by atoms with Crippen molar-refractivity contribution in [3.8, 4) is 0 Å². The molecule has 0 unspecified atom stereocenters. The second-order valence-electron chi connectivity index (χ2n) is 6.55. The van der Waals surface area contributed by atoms with Crippen LogP contribution in [0.1, 0.15) is 29.9 Å². The number of carbonyl (C=O) groups excluding carboxylic acids is 1. The van der Waals surface area contributed by atoms with Gasteiger partial charge in [-0.2, -0.15) is 0 Å². The summed E-state index contributed by atoms with van der Waals surface area (Å²) in [5.41, 5.74) is 1.70. The molecular weight excluding hydrogens is 379 g/mol. The first kappa shape index (κ1) is 19.8. The minimum absolute atomic E-state index is 0.0623. The maximum absolute atomic E-state index is 13.2. The number of nitrogens with one attached hydrogen (secondary N) is 1. The molecule has 0 aliphatic rings. The molecule has 0 aliphatic heterocycles. The molecule has 1 heterocycles. The maximum Gasteiger partial charge on any atom is 0.275 e. The zero-order valence-electron chi connectivity index (χ0n) is 15.6. The largest absolute Gasteiger partial charge is 0.349 e. The first-order chi connectivity index (χ1) is 13.4. The number of hydrogen-bond acceptors (Lipinski definition) is 4. The Balaban J connectivity index is 1.73. The van der Waals surface area contributed by atoms with Gasteiger partial charge in [0.1, 0.15) is 17.3 Å². The molecule has 0 saturated heterocycles. The van der Waals surface area contributed by atoms with E-state index in [1.165, 1.54) is 24.4 Å². The Morgan fingerprint density at radius 1 is 1.14 bits per heavy atom. The van der Waals surface area contributed by atoms with Gasteiger partial charge in [-0.3, -0.25) is 4.79 Å². The van der Waals surface area contributed by atoms with Crippen LogP contribution in [-0.4, -0.2) is 21.9 Å². The molecule has 0 saturated carbocycles. The van der Waals surface area contributed by atoms with Gasteiger partial charge in [0.25, 0.3) is 5.91 Å². The number of halogens is 2. The van der Waals surface area contributed by atoms with E-state index in [4.69, 9.17) is 11.6 Å². The Morgan fingerprint density at radius 2 is 1.89 bits per heavy atom. The van der Waals surface area contributed by atoms with Crippen molar-refractivity contribution in [1.82, 2.24) is 9.97 Å². The third kappa shape index (κ3) is 4.84. The van der Waals surface area contributed by atoms with Crippen molar-refractivity contribution in [2.45, 2.75) is 26.4 Å². The van der Waals surface area contributed by atoms with E-state index in [9.17, 15) is 9.18 Å². The van der Waals surface area contributed by atoms with Crippen molar-refractivity contribution in [2.75, 3.05) is 10.2 Å². The van der Waals surface area contributed by atoms with Crippen LogP contribution in [0.5, 0.6) is 0 Å². The van der Waals surface area contributed by atoms with Crippen molar-refractivity contribution in [3.05, 3.63) is 83.0 Å². The maximum atomic E-state index is 13.2. The monoisotopic (exact) mass is 398 g/mol. The third-order valence-corrected chi connectivity index (χ3v) is 4.45. The molecule has 3 rings (SSSR count). The number of amides is 1. The predicted octanol–water partition coefficient (Wildman–Crippen LogP) is 4.94. The fourth-order valence-electron chi connectivity index (χ4n) is 2.66. The molecule has 28 heavy (non-hydrogen) atoms. The van der Waals surface area contributed by atoms with Gasteiger partial charge in [-0.05, 0) is 37.6 Å². The predicted molar refractivity (Wildman–Crippen MR) is 109 cm³/mol. The van der Waals surface area contributed by atoms with Crippen molar-refractivity contribution < 1.29 is 9.18 Å². The number of benzene rings is 2. The molecule has 0 bridgehead atoms. The highest BCUT2D eigenvalue weighted by molar-refractivity contribution is 6.31. The van der Waals surface area contributed by atoms with Crippen LogP contribution >= 0.6 is 11.6 Å². The lowest BCUT2D eigenvalue weighted by Crippen LogP contribution is -2.31. The Kier molecular flexibility index (Phi) is 6.21. The van der Waals surface area contributed by atoms with Gasteiger partial charge < -0.3 is 10.2 Å². The number of nitrogens with zero attached hydrogens (tertiary/aromatic N) is 3. The second kappa shape index (κ2) is 8.80. The van der Waals surface area contributed by atoms with Crippen LogP contribution in [0.15, 0.2) is 60.9 Å². The number of anilines is 2. The third-order valence-electron chi connectivity index (χ3n) is 4.16. The van der Waals surface area contributed by atoms with Crippen LogP contribution in [0.25, 0.3) is 0 Å². The lowest BCUT2D eigenvalue weighted by Gasteiger charge is -2.27. The summed E-state index contributed by atoms with van der Waals surface area (Å²) in [6, 6.07) is 14.2. The van der Waals surface area contributed by atoms with Crippen LogP contribution in [0.2, 0.25) is 5.02 Å². The highest BCUT2D eigenvalue weighted by Gasteiger charge is 2.15. The van der Waals surface area contributed by atoms with Crippen LogP contribution < -0.4 is 10.2 Å². The van der Waals surface area contributed by atoms with Gasteiger partial charge in [0.15, 0.2) is 0 Å². The Labute approximate surface area is 168 Å². The normalized spacial score (nSPS) is 10.8. The molecule has 0 aliphatic carbocycles. The summed E-state index contributed by atoms with van der Waals surface area (Å²) in [7, 11) is 0. The summed E-state index contributed by atoms with van der Waals surface area (Å²) < 4.78 is 13.2. The number of rotatable bonds is 6. The van der Waals surface area contributed by atoms with E-state index in [1.807, 2.05) is 18.2 Å². The van der Waals surface area contributed by atoms with E-state index in [2.05, 4.69) is 46.2 Å². The zero-order valence-corrected chi connectivity index (χ0v) is 16.3. The lowest BCUT2D eigenvalue weighted by molar-refractivity contribution is 0.102. The summed E-state index contributed by atoms with van der Waals surface area (Å²) in [6.45, 7) is 4.83. The molecule has 3 aromatic rings. The number of carbonyl (C=O) groups is 1. The fourth-order valence-corrected chi connectivity index (χ4v) is 2.84. The Hall–Kier alpha value is -2.99. The van der Waals surface area contributed by atoms with Crippen LogP contribution in [0.4, 0.5) is 15.9 Å². The molecular formula is C21H20ClFN4O. The average molecular weight is 399 g/mol. The molecule has 0 radical (unpaired) electrons. The van der Waals surface area contributed by atoms with E-state index >= 15 is 0 Å². The van der Waals surface area contributed by atoms with E-state index < -0.39 is 11.7 Å². The van der Waals surface area contributed by atoms with Crippen molar-refractivity contribution >= 4 is 29.0 Å². The lowest BCUT2D eigenvalue weighted by atomic mass is 10.2. The van der Waals surface area contributed by atoms with E-state index in [-0.39, 0.29) is 16.8 Å². The molecule has 5 nitrogen and oxygen atoms in total. The molecule has 0 spiro atoms. The molecule has 7 heteroatoms. The molecule has 144 valence electrons. The van der Waals surface area contributed by atoms with Crippen LogP contribution in [0.3, 0.4) is 0 Å². The smallest absolute Gasteiger partial charge is 0.275 e.